The van der Waals surface area contributed by atoms with E-state index in [2.05, 4.69) is 15.5 Å². The van der Waals surface area contributed by atoms with Crippen LogP contribution in [0.4, 0.5) is 18.9 Å². The standard InChI is InChI=1S/C11H10F3N5O3/c1-18-6(3-7(17-18)11(12,13)14)9(20)16-5-4-15-19(2)8(5)10(21)22/h3-4H,1-2H3,(H,16,20)(H,21,22). The highest BCUT2D eigenvalue weighted by Gasteiger charge is 2.35. The summed E-state index contributed by atoms with van der Waals surface area (Å²) in [6, 6.07) is 0.576. The molecule has 0 bridgehead atoms. The Morgan fingerprint density at radius 2 is 1.91 bits per heavy atom. The number of aryl methyl sites for hydroxylation is 2. The van der Waals surface area contributed by atoms with E-state index in [4.69, 9.17) is 5.11 Å². The van der Waals surface area contributed by atoms with Gasteiger partial charge >= 0.3 is 12.1 Å². The molecule has 11 heteroatoms. The van der Waals surface area contributed by atoms with Crippen molar-refractivity contribution < 1.29 is 27.9 Å². The van der Waals surface area contributed by atoms with Crippen LogP contribution < -0.4 is 5.32 Å². The Balaban J connectivity index is 2.31. The summed E-state index contributed by atoms with van der Waals surface area (Å²) in [5.74, 6) is -2.27. The lowest BCUT2D eigenvalue weighted by Gasteiger charge is -2.04. The molecular formula is C11H10F3N5O3. The number of rotatable bonds is 3. The fourth-order valence-electron chi connectivity index (χ4n) is 1.79. The number of carbonyl (C=O) groups excluding carboxylic acids is 1. The van der Waals surface area contributed by atoms with Gasteiger partial charge in [0.2, 0.25) is 0 Å². The molecule has 0 saturated heterocycles. The number of hydrogen-bond acceptors (Lipinski definition) is 4. The van der Waals surface area contributed by atoms with Crippen molar-refractivity contribution in [2.75, 3.05) is 5.32 Å². The highest BCUT2D eigenvalue weighted by atomic mass is 19.4. The van der Waals surface area contributed by atoms with Crippen molar-refractivity contribution in [1.29, 1.82) is 0 Å². The zero-order chi connectivity index (χ0) is 16.7. The van der Waals surface area contributed by atoms with E-state index in [9.17, 15) is 22.8 Å². The topological polar surface area (TPSA) is 102 Å². The van der Waals surface area contributed by atoms with Gasteiger partial charge in [-0.05, 0) is 0 Å². The van der Waals surface area contributed by atoms with E-state index in [1.807, 2.05) is 0 Å². The molecule has 2 aromatic rings. The first-order valence-electron chi connectivity index (χ1n) is 5.79. The Morgan fingerprint density at radius 3 is 2.41 bits per heavy atom. The number of nitrogens with one attached hydrogen (secondary N) is 1. The Morgan fingerprint density at radius 1 is 1.27 bits per heavy atom. The van der Waals surface area contributed by atoms with Gasteiger partial charge in [0, 0.05) is 20.2 Å². The molecule has 8 nitrogen and oxygen atoms in total. The molecule has 2 N–H and O–H groups in total. The van der Waals surface area contributed by atoms with Crippen molar-refractivity contribution in [3.8, 4) is 0 Å². The van der Waals surface area contributed by atoms with Gasteiger partial charge in [-0.1, -0.05) is 0 Å². The second-order valence-corrected chi connectivity index (χ2v) is 4.33. The molecular weight excluding hydrogens is 307 g/mol. The largest absolute Gasteiger partial charge is 0.476 e. The molecule has 1 amide bonds. The van der Waals surface area contributed by atoms with Crippen molar-refractivity contribution in [1.82, 2.24) is 19.6 Å². The molecule has 0 aromatic carbocycles. The molecule has 0 spiro atoms. The minimum absolute atomic E-state index is 0.130. The fourth-order valence-corrected chi connectivity index (χ4v) is 1.79. The maximum atomic E-state index is 12.5. The van der Waals surface area contributed by atoms with Crippen molar-refractivity contribution in [3.63, 3.8) is 0 Å². The maximum absolute atomic E-state index is 12.5. The summed E-state index contributed by atoms with van der Waals surface area (Å²) >= 11 is 0. The molecule has 0 fully saturated rings. The summed E-state index contributed by atoms with van der Waals surface area (Å²) in [7, 11) is 2.52. The molecule has 0 unspecified atom stereocenters. The molecule has 0 aliphatic heterocycles. The average Bonchev–Trinajstić information content (AvgIpc) is 2.92. The predicted octanol–water partition coefficient (Wildman–Crippen LogP) is 1.12. The van der Waals surface area contributed by atoms with Gasteiger partial charge in [-0.15, -0.1) is 0 Å². The van der Waals surface area contributed by atoms with Crippen LogP contribution in [0.15, 0.2) is 12.3 Å². The van der Waals surface area contributed by atoms with E-state index in [1.54, 1.807) is 0 Å². The summed E-state index contributed by atoms with van der Waals surface area (Å²) in [6.07, 6.45) is -3.60. The van der Waals surface area contributed by atoms with E-state index >= 15 is 0 Å². The molecule has 118 valence electrons. The minimum Gasteiger partial charge on any atom is -0.476 e. The number of carboxylic acids is 1. The lowest BCUT2D eigenvalue weighted by molar-refractivity contribution is -0.141. The SMILES string of the molecule is Cn1nc(C(F)(F)F)cc1C(=O)Nc1cnn(C)c1C(=O)O. The molecule has 0 atom stereocenters. The van der Waals surface area contributed by atoms with Gasteiger partial charge in [-0.3, -0.25) is 14.2 Å². The Labute approximate surface area is 121 Å². The highest BCUT2D eigenvalue weighted by molar-refractivity contribution is 6.06. The number of alkyl halides is 3. The van der Waals surface area contributed by atoms with Crippen molar-refractivity contribution >= 4 is 17.6 Å². The number of aromatic nitrogens is 4. The summed E-state index contributed by atoms with van der Waals surface area (Å²) < 4.78 is 39.4. The number of carboxylic acid groups (broad SMARTS) is 1. The van der Waals surface area contributed by atoms with E-state index in [0.717, 1.165) is 15.6 Å². The van der Waals surface area contributed by atoms with Crippen molar-refractivity contribution in [2.45, 2.75) is 6.18 Å². The molecule has 2 heterocycles. The zero-order valence-electron chi connectivity index (χ0n) is 11.3. The summed E-state index contributed by atoms with van der Waals surface area (Å²) in [5.41, 5.74) is -2.02. The van der Waals surface area contributed by atoms with E-state index < -0.39 is 23.7 Å². The van der Waals surface area contributed by atoms with Crippen LogP contribution in [-0.2, 0) is 20.3 Å². The van der Waals surface area contributed by atoms with Crippen LogP contribution in [0.25, 0.3) is 0 Å². The number of aromatic carboxylic acids is 1. The second-order valence-electron chi connectivity index (χ2n) is 4.33. The molecule has 0 saturated carbocycles. The van der Waals surface area contributed by atoms with Crippen LogP contribution in [0, 0.1) is 0 Å². The Bertz CT molecular complexity index is 747. The molecule has 0 aliphatic carbocycles. The number of halogens is 3. The third-order valence-corrected chi connectivity index (χ3v) is 2.79. The van der Waals surface area contributed by atoms with E-state index in [0.29, 0.717) is 6.07 Å². The first-order valence-corrected chi connectivity index (χ1v) is 5.79. The molecule has 0 aliphatic rings. The summed E-state index contributed by atoms with van der Waals surface area (Å²) in [6.45, 7) is 0. The van der Waals surface area contributed by atoms with E-state index in [1.165, 1.54) is 14.1 Å². The number of carbonyl (C=O) groups is 2. The highest BCUT2D eigenvalue weighted by Crippen LogP contribution is 2.28. The smallest absolute Gasteiger partial charge is 0.435 e. The molecule has 22 heavy (non-hydrogen) atoms. The minimum atomic E-state index is -4.68. The zero-order valence-corrected chi connectivity index (χ0v) is 11.3. The van der Waals surface area contributed by atoms with Gasteiger partial charge in [0.25, 0.3) is 5.91 Å². The van der Waals surface area contributed by atoms with Gasteiger partial charge in [0.05, 0.1) is 11.9 Å². The summed E-state index contributed by atoms with van der Waals surface area (Å²) in [5, 5.41) is 18.1. The van der Waals surface area contributed by atoms with Crippen LogP contribution in [-0.4, -0.2) is 36.5 Å². The number of amides is 1. The normalized spacial score (nSPS) is 11.5. The van der Waals surface area contributed by atoms with Crippen LogP contribution in [0.2, 0.25) is 0 Å². The van der Waals surface area contributed by atoms with Crippen molar-refractivity contribution in [3.05, 3.63) is 29.3 Å². The summed E-state index contributed by atoms with van der Waals surface area (Å²) in [4.78, 5) is 23.0. The van der Waals surface area contributed by atoms with Crippen LogP contribution >= 0.6 is 0 Å². The van der Waals surface area contributed by atoms with Gasteiger partial charge in [0.1, 0.15) is 5.69 Å². The van der Waals surface area contributed by atoms with Gasteiger partial charge in [-0.2, -0.15) is 23.4 Å². The maximum Gasteiger partial charge on any atom is 0.435 e. The monoisotopic (exact) mass is 317 g/mol. The molecule has 0 radical (unpaired) electrons. The second kappa shape index (κ2) is 5.16. The van der Waals surface area contributed by atoms with E-state index in [-0.39, 0.29) is 17.1 Å². The van der Waals surface area contributed by atoms with Crippen LogP contribution in [0.1, 0.15) is 26.7 Å². The number of anilines is 1. The van der Waals surface area contributed by atoms with Crippen LogP contribution in [0.5, 0.6) is 0 Å². The third-order valence-electron chi connectivity index (χ3n) is 2.79. The van der Waals surface area contributed by atoms with Crippen LogP contribution in [0.3, 0.4) is 0 Å². The molecule has 2 rings (SSSR count). The first-order chi connectivity index (χ1) is 10.1. The number of hydrogen-bond donors (Lipinski definition) is 2. The fraction of sp³-hybridized carbons (Fsp3) is 0.273. The van der Waals surface area contributed by atoms with Gasteiger partial charge in [-0.25, -0.2) is 4.79 Å². The lowest BCUT2D eigenvalue weighted by atomic mass is 10.3. The number of nitrogens with zero attached hydrogens (tertiary/aromatic N) is 4. The Hall–Kier alpha value is -2.85. The lowest BCUT2D eigenvalue weighted by Crippen LogP contribution is -2.18. The van der Waals surface area contributed by atoms with Gasteiger partial charge in [0.15, 0.2) is 11.4 Å². The van der Waals surface area contributed by atoms with Crippen molar-refractivity contribution in [2.24, 2.45) is 14.1 Å². The Kier molecular flexibility index (Phi) is 3.65. The quantitative estimate of drug-likeness (QED) is 0.883. The van der Waals surface area contributed by atoms with Gasteiger partial charge < -0.3 is 10.4 Å². The molecule has 2 aromatic heterocycles. The predicted molar refractivity (Wildman–Crippen MR) is 66.3 cm³/mol. The third kappa shape index (κ3) is 2.77. The first kappa shape index (κ1) is 15.5. The average molecular weight is 317 g/mol.